The molecule has 1 aromatic heterocycles. The van der Waals surface area contributed by atoms with Crippen LogP contribution in [0.3, 0.4) is 0 Å². The van der Waals surface area contributed by atoms with Gasteiger partial charge in [0.2, 0.25) is 6.79 Å². The third-order valence-electron chi connectivity index (χ3n) is 6.94. The summed E-state index contributed by atoms with van der Waals surface area (Å²) in [5.41, 5.74) is 3.98. The highest BCUT2D eigenvalue weighted by atomic mass is 35.5. The molecule has 1 saturated heterocycles. The summed E-state index contributed by atoms with van der Waals surface area (Å²) in [6, 6.07) is 20.8. The van der Waals surface area contributed by atoms with Crippen LogP contribution in [-0.2, 0) is 11.3 Å². The van der Waals surface area contributed by atoms with E-state index in [4.69, 9.17) is 35.5 Å². The highest BCUT2D eigenvalue weighted by Gasteiger charge is 2.26. The molecule has 1 atom stereocenters. The van der Waals surface area contributed by atoms with Gasteiger partial charge in [0.15, 0.2) is 11.5 Å². The Morgan fingerprint density at radius 1 is 1.05 bits per heavy atom. The Morgan fingerprint density at radius 3 is 2.68 bits per heavy atom. The number of aromatic nitrogens is 1. The summed E-state index contributed by atoms with van der Waals surface area (Å²) in [5, 5.41) is 1.57. The Labute approximate surface area is 225 Å². The Kier molecular flexibility index (Phi) is 6.79. The van der Waals surface area contributed by atoms with Crippen molar-refractivity contribution in [3.05, 3.63) is 82.9 Å². The average Bonchev–Trinajstić information content (AvgIpc) is 3.64. The van der Waals surface area contributed by atoms with Crippen LogP contribution in [0.1, 0.15) is 28.8 Å². The van der Waals surface area contributed by atoms with E-state index in [9.17, 15) is 4.79 Å². The monoisotopic (exact) mass is 530 g/mol. The number of methoxy groups -OCH3 is 1. The Morgan fingerprint density at radius 2 is 1.89 bits per heavy atom. The van der Waals surface area contributed by atoms with Gasteiger partial charge >= 0.3 is 0 Å². The molecule has 4 aromatic rings. The van der Waals surface area contributed by atoms with Gasteiger partial charge in [-0.15, -0.1) is 0 Å². The van der Waals surface area contributed by atoms with Crippen LogP contribution in [0.15, 0.2) is 66.7 Å². The lowest BCUT2D eigenvalue weighted by atomic mass is 10.0. The van der Waals surface area contributed by atoms with Crippen LogP contribution in [0.5, 0.6) is 17.2 Å². The molecule has 1 amide bonds. The first-order valence-corrected chi connectivity index (χ1v) is 13.0. The number of halogens is 1. The van der Waals surface area contributed by atoms with E-state index in [1.807, 2.05) is 47.4 Å². The van der Waals surface area contributed by atoms with Crippen molar-refractivity contribution in [2.45, 2.75) is 25.5 Å². The van der Waals surface area contributed by atoms with E-state index >= 15 is 0 Å². The number of benzene rings is 3. The molecule has 2 aliphatic heterocycles. The molecule has 0 saturated carbocycles. The molecular weight excluding hydrogens is 504 g/mol. The van der Waals surface area contributed by atoms with Crippen LogP contribution < -0.4 is 14.2 Å². The van der Waals surface area contributed by atoms with Crippen LogP contribution in [-0.4, -0.2) is 48.9 Å². The fraction of sp³-hybridized carbons (Fsp3) is 0.267. The lowest BCUT2D eigenvalue weighted by Gasteiger charge is -2.27. The highest BCUT2D eigenvalue weighted by Crippen LogP contribution is 2.34. The van der Waals surface area contributed by atoms with Gasteiger partial charge in [-0.2, -0.15) is 0 Å². The predicted molar refractivity (Wildman–Crippen MR) is 145 cm³/mol. The van der Waals surface area contributed by atoms with Crippen molar-refractivity contribution in [3.8, 4) is 28.5 Å². The first-order chi connectivity index (χ1) is 18.6. The summed E-state index contributed by atoms with van der Waals surface area (Å²) >= 11 is 6.28. The van der Waals surface area contributed by atoms with E-state index in [1.165, 1.54) is 0 Å². The smallest absolute Gasteiger partial charge is 0.254 e. The summed E-state index contributed by atoms with van der Waals surface area (Å²) in [5.74, 6) is 1.88. The fourth-order valence-electron chi connectivity index (χ4n) is 4.97. The third kappa shape index (κ3) is 4.99. The molecule has 194 valence electrons. The second-order valence-electron chi connectivity index (χ2n) is 9.45. The Balaban J connectivity index is 1.41. The number of hydrogen-bond donors (Lipinski definition) is 0. The van der Waals surface area contributed by atoms with Gasteiger partial charge in [0, 0.05) is 41.2 Å². The molecule has 0 bridgehead atoms. The van der Waals surface area contributed by atoms with Gasteiger partial charge in [0.05, 0.1) is 24.4 Å². The van der Waals surface area contributed by atoms with Crippen molar-refractivity contribution in [1.82, 2.24) is 9.88 Å². The standard InChI is InChI=1S/C30H27ClN2O5/c1-35-24-9-5-19(6-10-24)29-22(13-20-4-8-23(31)15-26(20)32-29)16-33(17-25-3-2-12-36-25)30(34)21-7-11-27-28(14-21)38-18-37-27/h4-11,13-15,25H,2-3,12,16-18H2,1H3. The molecule has 6 rings (SSSR count). The number of carbonyl (C=O) groups excluding carboxylic acids is 1. The molecule has 7 nitrogen and oxygen atoms in total. The quantitative estimate of drug-likeness (QED) is 0.287. The van der Waals surface area contributed by atoms with E-state index in [-0.39, 0.29) is 18.8 Å². The minimum Gasteiger partial charge on any atom is -0.497 e. The maximum atomic E-state index is 13.9. The minimum absolute atomic E-state index is 0.00961. The molecule has 8 heteroatoms. The predicted octanol–water partition coefficient (Wildman–Crippen LogP) is 6.11. The zero-order valence-corrected chi connectivity index (χ0v) is 21.7. The summed E-state index contributed by atoms with van der Waals surface area (Å²) in [4.78, 5) is 20.7. The summed E-state index contributed by atoms with van der Waals surface area (Å²) in [6.45, 7) is 1.71. The number of carbonyl (C=O) groups is 1. The van der Waals surface area contributed by atoms with Crippen molar-refractivity contribution in [2.24, 2.45) is 0 Å². The molecule has 0 radical (unpaired) electrons. The van der Waals surface area contributed by atoms with Crippen LogP contribution >= 0.6 is 11.6 Å². The van der Waals surface area contributed by atoms with Crippen LogP contribution in [0.2, 0.25) is 5.02 Å². The largest absolute Gasteiger partial charge is 0.497 e. The number of ether oxygens (including phenoxy) is 4. The lowest BCUT2D eigenvalue weighted by Crippen LogP contribution is -2.37. The molecular formula is C30H27ClN2O5. The van der Waals surface area contributed by atoms with E-state index in [1.54, 1.807) is 25.3 Å². The second-order valence-corrected chi connectivity index (χ2v) is 9.89. The normalized spacial score (nSPS) is 16.1. The van der Waals surface area contributed by atoms with E-state index in [0.29, 0.717) is 41.8 Å². The first-order valence-electron chi connectivity index (χ1n) is 12.6. The molecule has 0 aliphatic carbocycles. The van der Waals surface area contributed by atoms with Gasteiger partial charge in [-0.05, 0) is 79.1 Å². The van der Waals surface area contributed by atoms with Crippen molar-refractivity contribution in [1.29, 1.82) is 0 Å². The number of hydrogen-bond acceptors (Lipinski definition) is 6. The Bertz CT molecular complexity index is 1480. The van der Waals surface area contributed by atoms with Crippen molar-refractivity contribution < 1.29 is 23.7 Å². The molecule has 0 N–H and O–H groups in total. The molecule has 2 aliphatic rings. The van der Waals surface area contributed by atoms with Gasteiger partial charge in [-0.25, -0.2) is 4.98 Å². The molecule has 38 heavy (non-hydrogen) atoms. The number of amides is 1. The number of nitrogens with zero attached hydrogens (tertiary/aromatic N) is 2. The summed E-state index contributed by atoms with van der Waals surface area (Å²) in [7, 11) is 1.64. The number of rotatable bonds is 7. The number of pyridine rings is 1. The Hall–Kier alpha value is -3.81. The van der Waals surface area contributed by atoms with E-state index in [2.05, 4.69) is 6.07 Å². The van der Waals surface area contributed by atoms with Crippen molar-refractivity contribution >= 4 is 28.4 Å². The average molecular weight is 531 g/mol. The van der Waals surface area contributed by atoms with Gasteiger partial charge in [0.25, 0.3) is 5.91 Å². The van der Waals surface area contributed by atoms with Crippen molar-refractivity contribution in [2.75, 3.05) is 27.1 Å². The first kappa shape index (κ1) is 24.5. The topological polar surface area (TPSA) is 70.1 Å². The summed E-state index contributed by atoms with van der Waals surface area (Å²) in [6.07, 6.45) is 1.90. The van der Waals surface area contributed by atoms with Gasteiger partial charge < -0.3 is 23.8 Å². The van der Waals surface area contributed by atoms with Gasteiger partial charge in [0.1, 0.15) is 5.75 Å². The zero-order chi connectivity index (χ0) is 26.1. The van der Waals surface area contributed by atoms with Gasteiger partial charge in [-0.1, -0.05) is 17.7 Å². The third-order valence-corrected chi connectivity index (χ3v) is 7.17. The maximum absolute atomic E-state index is 13.9. The van der Waals surface area contributed by atoms with Crippen molar-refractivity contribution in [3.63, 3.8) is 0 Å². The molecule has 1 fully saturated rings. The van der Waals surface area contributed by atoms with E-state index in [0.717, 1.165) is 46.3 Å². The van der Waals surface area contributed by atoms with Crippen LogP contribution in [0.25, 0.3) is 22.2 Å². The molecule has 3 aromatic carbocycles. The maximum Gasteiger partial charge on any atom is 0.254 e. The van der Waals surface area contributed by atoms with Crippen LogP contribution in [0, 0.1) is 0 Å². The lowest BCUT2D eigenvalue weighted by molar-refractivity contribution is 0.0507. The molecule has 1 unspecified atom stereocenters. The summed E-state index contributed by atoms with van der Waals surface area (Å²) < 4.78 is 22.2. The minimum atomic E-state index is -0.101. The number of fused-ring (bicyclic) bond motifs is 2. The second kappa shape index (κ2) is 10.5. The van der Waals surface area contributed by atoms with Gasteiger partial charge in [-0.3, -0.25) is 4.79 Å². The SMILES string of the molecule is COc1ccc(-c2nc3cc(Cl)ccc3cc2CN(CC2CCCO2)C(=O)c2ccc3c(c2)OCO3)cc1. The molecule has 3 heterocycles. The zero-order valence-electron chi connectivity index (χ0n) is 21.0. The van der Waals surface area contributed by atoms with E-state index < -0.39 is 0 Å². The fourth-order valence-corrected chi connectivity index (χ4v) is 5.14. The van der Waals surface area contributed by atoms with Crippen LogP contribution in [0.4, 0.5) is 0 Å². The molecule has 0 spiro atoms. The highest BCUT2D eigenvalue weighted by molar-refractivity contribution is 6.31.